The second-order valence-electron chi connectivity index (χ2n) is 4.99. The summed E-state index contributed by atoms with van der Waals surface area (Å²) < 4.78 is 16.6. The maximum absolute atomic E-state index is 5.63. The van der Waals surface area contributed by atoms with E-state index in [2.05, 4.69) is 20.4 Å². The van der Waals surface area contributed by atoms with Crippen LogP contribution in [0.5, 0.6) is 5.75 Å². The number of aromatic nitrogens is 4. The van der Waals surface area contributed by atoms with Crippen molar-refractivity contribution < 1.29 is 13.6 Å². The van der Waals surface area contributed by atoms with E-state index in [9.17, 15) is 0 Å². The molecule has 0 aliphatic rings. The Hall–Kier alpha value is -2.35. The molecular formula is C15H16N4O3S. The Balaban J connectivity index is 1.57. The van der Waals surface area contributed by atoms with Gasteiger partial charge in [-0.1, -0.05) is 23.9 Å². The SMILES string of the molecule is Cc1cccc(OCc2nnc(SC(C)c3nnc(C)o3)o2)c1. The normalized spacial score (nSPS) is 12.3. The van der Waals surface area contributed by atoms with Gasteiger partial charge in [-0.25, -0.2) is 0 Å². The van der Waals surface area contributed by atoms with Crippen molar-refractivity contribution in [3.8, 4) is 5.75 Å². The van der Waals surface area contributed by atoms with Crippen LogP contribution in [-0.2, 0) is 6.61 Å². The maximum atomic E-state index is 5.63. The van der Waals surface area contributed by atoms with Crippen molar-refractivity contribution >= 4 is 11.8 Å². The third kappa shape index (κ3) is 4.10. The molecule has 0 saturated heterocycles. The van der Waals surface area contributed by atoms with Crippen LogP contribution in [0.4, 0.5) is 0 Å². The Morgan fingerprint density at radius 3 is 2.74 bits per heavy atom. The van der Waals surface area contributed by atoms with E-state index in [0.717, 1.165) is 11.3 Å². The zero-order valence-corrected chi connectivity index (χ0v) is 13.8. The number of hydrogen-bond donors (Lipinski definition) is 0. The molecule has 3 aromatic rings. The fourth-order valence-electron chi connectivity index (χ4n) is 1.87. The van der Waals surface area contributed by atoms with Crippen molar-refractivity contribution in [2.45, 2.75) is 37.9 Å². The highest BCUT2D eigenvalue weighted by Gasteiger charge is 2.18. The van der Waals surface area contributed by atoms with E-state index in [0.29, 0.717) is 22.9 Å². The highest BCUT2D eigenvalue weighted by molar-refractivity contribution is 7.99. The standard InChI is InChI=1S/C15H16N4O3S/c1-9-5-4-6-12(7-9)20-8-13-17-19-15(22-13)23-10(2)14-18-16-11(3)21-14/h4-7,10H,8H2,1-3H3. The third-order valence-electron chi connectivity index (χ3n) is 2.97. The quantitative estimate of drug-likeness (QED) is 0.634. The summed E-state index contributed by atoms with van der Waals surface area (Å²) in [6.45, 7) is 5.92. The van der Waals surface area contributed by atoms with Gasteiger partial charge in [0, 0.05) is 6.92 Å². The molecule has 0 aliphatic carbocycles. The Labute approximate surface area is 137 Å². The Morgan fingerprint density at radius 2 is 2.00 bits per heavy atom. The lowest BCUT2D eigenvalue weighted by atomic mass is 10.2. The minimum absolute atomic E-state index is 0.0674. The lowest BCUT2D eigenvalue weighted by Gasteiger charge is -2.03. The Kier molecular flexibility index (Phi) is 4.61. The van der Waals surface area contributed by atoms with Crippen molar-refractivity contribution in [2.75, 3.05) is 0 Å². The van der Waals surface area contributed by atoms with E-state index in [-0.39, 0.29) is 11.9 Å². The van der Waals surface area contributed by atoms with Crippen LogP contribution >= 0.6 is 11.8 Å². The summed E-state index contributed by atoms with van der Waals surface area (Å²) >= 11 is 1.36. The zero-order chi connectivity index (χ0) is 16.2. The van der Waals surface area contributed by atoms with Gasteiger partial charge in [0.2, 0.25) is 11.8 Å². The molecule has 0 bridgehead atoms. The van der Waals surface area contributed by atoms with Gasteiger partial charge in [-0.15, -0.1) is 20.4 Å². The highest BCUT2D eigenvalue weighted by Crippen LogP contribution is 2.33. The molecule has 2 heterocycles. The molecule has 0 saturated carbocycles. The van der Waals surface area contributed by atoms with Gasteiger partial charge in [0.25, 0.3) is 11.1 Å². The van der Waals surface area contributed by atoms with Gasteiger partial charge < -0.3 is 13.6 Å². The van der Waals surface area contributed by atoms with Gasteiger partial charge in [-0.3, -0.25) is 0 Å². The predicted molar refractivity (Wildman–Crippen MR) is 83.1 cm³/mol. The summed E-state index contributed by atoms with van der Waals surface area (Å²) in [5, 5.41) is 16.1. The zero-order valence-electron chi connectivity index (χ0n) is 13.0. The fraction of sp³-hybridized carbons (Fsp3) is 0.333. The number of rotatable bonds is 6. The van der Waals surface area contributed by atoms with E-state index in [4.69, 9.17) is 13.6 Å². The maximum Gasteiger partial charge on any atom is 0.277 e. The van der Waals surface area contributed by atoms with E-state index < -0.39 is 0 Å². The molecule has 0 aliphatic heterocycles. The first kappa shape index (κ1) is 15.5. The first-order valence-corrected chi connectivity index (χ1v) is 7.96. The molecule has 3 rings (SSSR count). The number of thioether (sulfide) groups is 1. The summed E-state index contributed by atoms with van der Waals surface area (Å²) in [5.74, 6) is 2.25. The number of hydrogen-bond acceptors (Lipinski definition) is 8. The van der Waals surface area contributed by atoms with Crippen LogP contribution in [0.1, 0.15) is 35.4 Å². The minimum Gasteiger partial charge on any atom is -0.484 e. The second kappa shape index (κ2) is 6.82. The third-order valence-corrected chi connectivity index (χ3v) is 3.89. The monoisotopic (exact) mass is 332 g/mol. The fourth-order valence-corrected chi connectivity index (χ4v) is 2.60. The van der Waals surface area contributed by atoms with Crippen LogP contribution in [0, 0.1) is 13.8 Å². The van der Waals surface area contributed by atoms with E-state index >= 15 is 0 Å². The Morgan fingerprint density at radius 1 is 1.13 bits per heavy atom. The Bertz CT molecular complexity index is 786. The second-order valence-corrected chi connectivity index (χ2v) is 6.28. The summed E-state index contributed by atoms with van der Waals surface area (Å²) in [6, 6.07) is 7.79. The molecule has 1 unspecified atom stereocenters. The molecule has 0 N–H and O–H groups in total. The number of nitrogens with zero attached hydrogens (tertiary/aromatic N) is 4. The number of benzene rings is 1. The van der Waals surface area contributed by atoms with Crippen LogP contribution in [-0.4, -0.2) is 20.4 Å². The van der Waals surface area contributed by atoms with Gasteiger partial charge >= 0.3 is 0 Å². The molecule has 120 valence electrons. The van der Waals surface area contributed by atoms with E-state index in [1.54, 1.807) is 6.92 Å². The molecule has 1 aromatic carbocycles. The largest absolute Gasteiger partial charge is 0.484 e. The molecule has 23 heavy (non-hydrogen) atoms. The van der Waals surface area contributed by atoms with E-state index in [1.807, 2.05) is 38.1 Å². The lowest BCUT2D eigenvalue weighted by molar-refractivity contribution is 0.252. The average Bonchev–Trinajstić information content (AvgIpc) is 3.14. The first-order chi connectivity index (χ1) is 11.1. The summed E-state index contributed by atoms with van der Waals surface area (Å²) in [7, 11) is 0. The van der Waals surface area contributed by atoms with Crippen molar-refractivity contribution in [1.82, 2.24) is 20.4 Å². The van der Waals surface area contributed by atoms with Crippen LogP contribution in [0.25, 0.3) is 0 Å². The van der Waals surface area contributed by atoms with E-state index in [1.165, 1.54) is 11.8 Å². The van der Waals surface area contributed by atoms with Crippen molar-refractivity contribution in [3.05, 3.63) is 47.5 Å². The average molecular weight is 332 g/mol. The predicted octanol–water partition coefficient (Wildman–Crippen LogP) is 3.50. The van der Waals surface area contributed by atoms with Gasteiger partial charge in [0.1, 0.15) is 5.75 Å². The summed E-state index contributed by atoms with van der Waals surface area (Å²) in [4.78, 5) is 0. The first-order valence-electron chi connectivity index (χ1n) is 7.08. The summed E-state index contributed by atoms with van der Waals surface area (Å²) in [5.41, 5.74) is 1.13. The molecule has 0 spiro atoms. The molecule has 0 fully saturated rings. The smallest absolute Gasteiger partial charge is 0.277 e. The van der Waals surface area contributed by atoms with Crippen molar-refractivity contribution in [1.29, 1.82) is 0 Å². The molecule has 7 nitrogen and oxygen atoms in total. The molecule has 8 heteroatoms. The number of aryl methyl sites for hydroxylation is 2. The van der Waals surface area contributed by atoms with Gasteiger partial charge in [0.15, 0.2) is 6.61 Å². The molecule has 2 aromatic heterocycles. The van der Waals surface area contributed by atoms with Gasteiger partial charge in [0.05, 0.1) is 5.25 Å². The molecule has 0 radical (unpaired) electrons. The van der Waals surface area contributed by atoms with Crippen molar-refractivity contribution in [3.63, 3.8) is 0 Å². The molecule has 0 amide bonds. The lowest BCUT2D eigenvalue weighted by Crippen LogP contribution is -1.95. The van der Waals surface area contributed by atoms with Crippen LogP contribution in [0.2, 0.25) is 0 Å². The number of ether oxygens (including phenoxy) is 1. The minimum atomic E-state index is -0.0674. The van der Waals surface area contributed by atoms with Crippen molar-refractivity contribution in [2.24, 2.45) is 0 Å². The highest BCUT2D eigenvalue weighted by atomic mass is 32.2. The van der Waals surface area contributed by atoms with Crippen LogP contribution in [0.3, 0.4) is 0 Å². The topological polar surface area (TPSA) is 87.1 Å². The van der Waals surface area contributed by atoms with Crippen LogP contribution in [0.15, 0.2) is 38.3 Å². The van der Waals surface area contributed by atoms with Gasteiger partial charge in [-0.2, -0.15) is 0 Å². The van der Waals surface area contributed by atoms with Crippen LogP contribution < -0.4 is 4.74 Å². The summed E-state index contributed by atoms with van der Waals surface area (Å²) in [6.07, 6.45) is 0. The molecular weight excluding hydrogens is 316 g/mol. The van der Waals surface area contributed by atoms with Gasteiger partial charge in [-0.05, 0) is 31.5 Å². The molecule has 1 atom stereocenters.